The lowest BCUT2D eigenvalue weighted by atomic mass is 9.94. The lowest BCUT2D eigenvalue weighted by molar-refractivity contribution is 0.103. The van der Waals surface area contributed by atoms with Gasteiger partial charge in [-0.15, -0.1) is 45.3 Å². The number of carbonyl (C=O) groups excluding carboxylic acids is 2. The molecule has 0 aliphatic heterocycles. The van der Waals surface area contributed by atoms with E-state index in [0.29, 0.717) is 45.2 Å². The van der Waals surface area contributed by atoms with Crippen LogP contribution in [0.15, 0.2) is 46.6 Å². The molecule has 105 heavy (non-hydrogen) atoms. The van der Waals surface area contributed by atoms with Gasteiger partial charge in [0.2, 0.25) is 0 Å². The summed E-state index contributed by atoms with van der Waals surface area (Å²) in [5.74, 6) is 0.154. The van der Waals surface area contributed by atoms with Crippen LogP contribution in [0.2, 0.25) is 20.1 Å². The van der Waals surface area contributed by atoms with Crippen LogP contribution in [-0.4, -0.2) is 29.4 Å². The lowest BCUT2D eigenvalue weighted by Crippen LogP contribution is -2.14. The van der Waals surface area contributed by atoms with E-state index in [1.165, 1.54) is 150 Å². The molecule has 19 heteroatoms. The van der Waals surface area contributed by atoms with Gasteiger partial charge in [0.25, 0.3) is 0 Å². The van der Waals surface area contributed by atoms with Crippen molar-refractivity contribution in [1.82, 2.24) is 17.9 Å². The van der Waals surface area contributed by atoms with E-state index in [1.54, 1.807) is 46.9 Å². The molecule has 12 rings (SSSR count). The summed E-state index contributed by atoms with van der Waals surface area (Å²) in [5, 5.41) is 45.7. The monoisotopic (exact) mass is 1570 g/mol. The number of hydrogen-bond acceptors (Lipinski definition) is 13. The summed E-state index contributed by atoms with van der Waals surface area (Å²) in [7, 11) is 0. The van der Waals surface area contributed by atoms with Crippen LogP contribution in [0.3, 0.4) is 0 Å². The van der Waals surface area contributed by atoms with Crippen molar-refractivity contribution in [2.45, 2.75) is 260 Å². The highest BCUT2D eigenvalue weighted by atomic mass is 35.5. The second-order valence-electron chi connectivity index (χ2n) is 29.2. The molecule has 2 unspecified atom stereocenters. The van der Waals surface area contributed by atoms with Gasteiger partial charge in [-0.05, 0) is 122 Å². The standard InChI is InChI=1S/C86H94Cl4N8O2S5/c1-7-13-19-23-25-27-31-37-55-67(43-61-69(53(45-91)46-92)57-39-63(87)65(89)41-59(57)79(61)99)101-85-77-83(103-81(55)85)71-73-74(96-105-95-73)72-76(75(71)97(77)49-51(33-17-11-5)35-29-21-15-9-3)98(50-52(34-18-12-6)36-30-22-16-10-4)78-84(72)104-82-56(38-32-28-26-24-20-14-8-2)68(102-86(78)82)44-62-70(54(47-93)48-94)58-40-64(88)66(90)42-60(58)80(62)100/h39-44,51-52H,7-38,49-50H2,1-6H3/b61-43-,62-44-. The zero-order chi connectivity index (χ0) is 74.0. The van der Waals surface area contributed by atoms with E-state index < -0.39 is 0 Å². The molecule has 7 aromatic heterocycles. The van der Waals surface area contributed by atoms with Gasteiger partial charge in [0.15, 0.2) is 11.6 Å². The predicted octanol–water partition coefficient (Wildman–Crippen LogP) is 29.4. The third-order valence-electron chi connectivity index (χ3n) is 21.9. The maximum Gasteiger partial charge on any atom is 0.194 e. The van der Waals surface area contributed by atoms with Crippen molar-refractivity contribution in [1.29, 1.82) is 21.0 Å². The van der Waals surface area contributed by atoms with Crippen LogP contribution in [0.25, 0.3) is 95.4 Å². The van der Waals surface area contributed by atoms with Crippen LogP contribution in [0.1, 0.15) is 287 Å². The Kier molecular flexibility index (Phi) is 27.1. The Morgan fingerprint density at radius 2 is 0.733 bits per heavy atom. The highest BCUT2D eigenvalue weighted by molar-refractivity contribution is 7.34. The fraction of sp³-hybridized carbons (Fsp3) is 0.488. The van der Waals surface area contributed by atoms with Gasteiger partial charge < -0.3 is 9.13 Å². The molecule has 2 atom stereocenters. The first-order valence-corrected chi connectivity index (χ1v) is 44.4. The number of nitrogens with zero attached hydrogens (tertiary/aromatic N) is 8. The maximum absolute atomic E-state index is 15.0. The lowest BCUT2D eigenvalue weighted by Gasteiger charge is -2.22. The molecular weight excluding hydrogens is 1480 g/mol. The SMILES string of the molecule is CCCCCCCCCc1c(/C=C2\C(=O)c3cc(Cl)c(Cl)cc3C2=C(C#N)C#N)sc2c1sc1c3c4nsnc4c4c5sc6c(CCCCCCCCC)c(/C=C7\C(=O)c8cc(Cl)c(Cl)cc8C7=C(C#N)C#N)sc6c5n(CC(CCCC)CCCCCC)c4c3n(CC(CCCC)CCCCCC)c21. The number of aromatic nitrogens is 4. The number of Topliss-reactive ketones (excluding diaryl/α,β-unsaturated/α-hetero) is 2. The largest absolute Gasteiger partial charge is 0.337 e. The molecular formula is C86H94Cl4N8O2S5. The van der Waals surface area contributed by atoms with E-state index in [0.717, 1.165) is 173 Å². The first-order chi connectivity index (χ1) is 51.2. The molecule has 0 spiro atoms. The van der Waals surface area contributed by atoms with Gasteiger partial charge in [-0.1, -0.05) is 242 Å². The van der Waals surface area contributed by atoms with E-state index >= 15 is 9.59 Å². The van der Waals surface area contributed by atoms with Crippen molar-refractivity contribution in [2.24, 2.45) is 11.8 Å². The third-order valence-corrected chi connectivity index (χ3v) is 29.0. The quantitative estimate of drug-likeness (QED) is 0.0210. The number of hydrogen-bond donors (Lipinski definition) is 0. The molecule has 548 valence electrons. The number of rotatable bonds is 38. The Labute approximate surface area is 659 Å². The Hall–Kier alpha value is -6.18. The summed E-state index contributed by atoms with van der Waals surface area (Å²) < 4.78 is 23.5. The summed E-state index contributed by atoms with van der Waals surface area (Å²) >= 11 is 35.2. The second kappa shape index (κ2) is 36.4. The van der Waals surface area contributed by atoms with Gasteiger partial charge in [0.05, 0.1) is 82.1 Å². The Morgan fingerprint density at radius 1 is 0.410 bits per heavy atom. The van der Waals surface area contributed by atoms with Crippen molar-refractivity contribution >= 4 is 210 Å². The zero-order valence-electron chi connectivity index (χ0n) is 61.6. The molecule has 3 aromatic carbocycles. The van der Waals surface area contributed by atoms with Crippen molar-refractivity contribution in [3.05, 3.63) is 110 Å². The molecule has 0 amide bonds. The van der Waals surface area contributed by atoms with Crippen molar-refractivity contribution in [3.63, 3.8) is 0 Å². The smallest absolute Gasteiger partial charge is 0.194 e. The Bertz CT molecular complexity index is 4910. The minimum atomic E-state index is -0.291. The summed E-state index contributed by atoms with van der Waals surface area (Å²) in [6.07, 6.45) is 39.7. The number of allylic oxidation sites excluding steroid dienone is 6. The van der Waals surface area contributed by atoms with Crippen LogP contribution in [-0.2, 0) is 25.9 Å². The van der Waals surface area contributed by atoms with Gasteiger partial charge in [-0.3, -0.25) is 9.59 Å². The zero-order valence-corrected chi connectivity index (χ0v) is 68.7. The molecule has 10 aromatic rings. The summed E-state index contributed by atoms with van der Waals surface area (Å²) in [6, 6.07) is 15.0. The average molecular weight is 1570 g/mol. The first kappa shape index (κ1) is 78.4. The Balaban J connectivity index is 1.19. The molecule has 10 nitrogen and oxygen atoms in total. The number of unbranched alkanes of at least 4 members (excludes halogenated alkanes) is 20. The number of nitriles is 4. The number of aryl methyl sites for hydroxylation is 2. The molecule has 7 heterocycles. The van der Waals surface area contributed by atoms with Crippen molar-refractivity contribution < 1.29 is 9.59 Å². The minimum Gasteiger partial charge on any atom is -0.337 e. The van der Waals surface area contributed by atoms with Crippen molar-refractivity contribution in [2.75, 3.05) is 0 Å². The van der Waals surface area contributed by atoms with Crippen LogP contribution >= 0.6 is 103 Å². The molecule has 0 bridgehead atoms. The van der Waals surface area contributed by atoms with Gasteiger partial charge >= 0.3 is 0 Å². The number of carbonyl (C=O) groups is 2. The third kappa shape index (κ3) is 15.9. The number of halogens is 4. The van der Waals surface area contributed by atoms with E-state index in [2.05, 4.69) is 75.0 Å². The molecule has 0 N–H and O–H groups in total. The van der Waals surface area contributed by atoms with Crippen LogP contribution in [0, 0.1) is 57.2 Å². The highest BCUT2D eigenvalue weighted by Crippen LogP contribution is 2.57. The van der Waals surface area contributed by atoms with Gasteiger partial charge in [-0.25, -0.2) is 0 Å². The fourth-order valence-corrected chi connectivity index (χ4v) is 23.6. The number of benzene rings is 3. The van der Waals surface area contributed by atoms with E-state index in [1.807, 2.05) is 34.8 Å². The predicted molar refractivity (Wildman–Crippen MR) is 451 cm³/mol. The van der Waals surface area contributed by atoms with Gasteiger partial charge in [0, 0.05) is 67.0 Å². The van der Waals surface area contributed by atoms with Crippen molar-refractivity contribution in [3.8, 4) is 24.3 Å². The van der Waals surface area contributed by atoms with E-state index in [4.69, 9.17) is 55.2 Å². The summed E-state index contributed by atoms with van der Waals surface area (Å²) in [4.78, 5) is 32.0. The molecule has 2 aliphatic carbocycles. The van der Waals surface area contributed by atoms with E-state index in [9.17, 15) is 21.0 Å². The van der Waals surface area contributed by atoms with Gasteiger partial charge in [0.1, 0.15) is 46.5 Å². The molecule has 0 saturated heterocycles. The molecule has 0 fully saturated rings. The maximum atomic E-state index is 15.0. The van der Waals surface area contributed by atoms with E-state index in [-0.39, 0.29) is 53.9 Å². The minimum absolute atomic E-state index is 0.149. The second-order valence-corrected chi connectivity index (χ2v) is 35.5. The Morgan fingerprint density at radius 3 is 1.09 bits per heavy atom. The number of fused-ring (bicyclic) bond motifs is 16. The normalized spacial score (nSPS) is 14.5. The van der Waals surface area contributed by atoms with Crippen LogP contribution in [0.5, 0.6) is 0 Å². The molecule has 0 saturated carbocycles. The topological polar surface area (TPSA) is 165 Å². The summed E-state index contributed by atoms with van der Waals surface area (Å²) in [5.41, 5.74) is 11.4. The highest BCUT2D eigenvalue weighted by Gasteiger charge is 2.38. The number of ketones is 2. The van der Waals surface area contributed by atoms with Crippen LogP contribution < -0.4 is 0 Å². The average Bonchev–Trinajstić information content (AvgIpc) is 1.50. The number of thiophene rings is 4. The molecule has 0 radical (unpaired) electrons. The van der Waals surface area contributed by atoms with Gasteiger partial charge in [-0.2, -0.15) is 29.8 Å². The summed E-state index contributed by atoms with van der Waals surface area (Å²) in [6.45, 7) is 15.3. The molecule has 2 aliphatic rings. The fourth-order valence-electron chi connectivity index (χ4n) is 16.5. The first-order valence-electron chi connectivity index (χ1n) is 38.9. The van der Waals surface area contributed by atoms with Crippen LogP contribution in [0.4, 0.5) is 0 Å².